The van der Waals surface area contributed by atoms with Gasteiger partial charge in [0, 0.05) is 12.4 Å². The molecular formula is C11H17ClN2OS. The van der Waals surface area contributed by atoms with E-state index in [1.54, 1.807) is 0 Å². The first kappa shape index (κ1) is 13.5. The zero-order valence-electron chi connectivity index (χ0n) is 10.1. The fourth-order valence-electron chi connectivity index (χ4n) is 1.19. The summed E-state index contributed by atoms with van der Waals surface area (Å²) >= 11 is 7.22. The third kappa shape index (κ3) is 3.46. The van der Waals surface area contributed by atoms with E-state index >= 15 is 0 Å². The van der Waals surface area contributed by atoms with Gasteiger partial charge >= 0.3 is 0 Å². The standard InChI is InChI=1S/C11H17ClN2OS/c1-7-9(16-8(2)14-7)10(15)13-6-11(3,4)5-12/h5-6H2,1-4H3,(H,13,15). The minimum Gasteiger partial charge on any atom is -0.351 e. The maximum Gasteiger partial charge on any atom is 0.263 e. The normalized spacial score (nSPS) is 11.6. The van der Waals surface area contributed by atoms with Crippen LogP contribution in [-0.4, -0.2) is 23.3 Å². The Bertz CT molecular complexity index is 387. The second-order valence-electron chi connectivity index (χ2n) is 4.63. The summed E-state index contributed by atoms with van der Waals surface area (Å²) in [6.45, 7) is 8.37. The smallest absolute Gasteiger partial charge is 0.263 e. The van der Waals surface area contributed by atoms with E-state index in [4.69, 9.17) is 11.6 Å². The van der Waals surface area contributed by atoms with E-state index in [0.29, 0.717) is 17.3 Å². The summed E-state index contributed by atoms with van der Waals surface area (Å²) in [7, 11) is 0. The van der Waals surface area contributed by atoms with Crippen LogP contribution in [0.2, 0.25) is 0 Å². The minimum atomic E-state index is -0.0785. The Kier molecular flexibility index (Phi) is 4.33. The predicted molar refractivity (Wildman–Crippen MR) is 68.4 cm³/mol. The zero-order valence-corrected chi connectivity index (χ0v) is 11.6. The van der Waals surface area contributed by atoms with Crippen molar-refractivity contribution in [2.24, 2.45) is 5.41 Å². The molecule has 0 spiro atoms. The number of rotatable bonds is 4. The van der Waals surface area contributed by atoms with Crippen LogP contribution in [0, 0.1) is 19.3 Å². The molecule has 1 amide bonds. The maximum absolute atomic E-state index is 11.9. The number of aryl methyl sites for hydroxylation is 2. The molecule has 1 aromatic rings. The Hall–Kier alpha value is -0.610. The van der Waals surface area contributed by atoms with Crippen LogP contribution >= 0.6 is 22.9 Å². The van der Waals surface area contributed by atoms with Crippen molar-refractivity contribution in [3.8, 4) is 0 Å². The van der Waals surface area contributed by atoms with Gasteiger partial charge in [-0.25, -0.2) is 4.98 Å². The molecule has 0 fully saturated rings. The van der Waals surface area contributed by atoms with Crippen molar-refractivity contribution in [2.45, 2.75) is 27.7 Å². The van der Waals surface area contributed by atoms with Crippen LogP contribution < -0.4 is 5.32 Å². The van der Waals surface area contributed by atoms with Gasteiger partial charge in [0.1, 0.15) is 4.88 Å². The lowest BCUT2D eigenvalue weighted by atomic mass is 9.96. The van der Waals surface area contributed by atoms with E-state index in [9.17, 15) is 4.79 Å². The number of nitrogens with zero attached hydrogens (tertiary/aromatic N) is 1. The molecule has 0 aromatic carbocycles. The first-order valence-electron chi connectivity index (χ1n) is 5.14. The van der Waals surface area contributed by atoms with Crippen LogP contribution in [0.15, 0.2) is 0 Å². The molecule has 5 heteroatoms. The molecule has 1 N–H and O–H groups in total. The van der Waals surface area contributed by atoms with Gasteiger partial charge in [0.15, 0.2) is 0 Å². The lowest BCUT2D eigenvalue weighted by molar-refractivity contribution is 0.0943. The topological polar surface area (TPSA) is 42.0 Å². The number of nitrogens with one attached hydrogen (secondary N) is 1. The molecule has 1 rings (SSSR count). The summed E-state index contributed by atoms with van der Waals surface area (Å²) in [4.78, 5) is 16.8. The highest BCUT2D eigenvalue weighted by molar-refractivity contribution is 7.13. The number of amides is 1. The van der Waals surface area contributed by atoms with Crippen LogP contribution in [-0.2, 0) is 0 Å². The number of carbonyl (C=O) groups is 1. The van der Waals surface area contributed by atoms with E-state index < -0.39 is 0 Å². The zero-order chi connectivity index (χ0) is 12.3. The fourth-order valence-corrected chi connectivity index (χ4v) is 2.12. The van der Waals surface area contributed by atoms with Gasteiger partial charge in [0.05, 0.1) is 10.7 Å². The van der Waals surface area contributed by atoms with E-state index in [-0.39, 0.29) is 11.3 Å². The van der Waals surface area contributed by atoms with Crippen molar-refractivity contribution >= 4 is 28.8 Å². The number of halogens is 1. The molecular weight excluding hydrogens is 244 g/mol. The summed E-state index contributed by atoms with van der Waals surface area (Å²) < 4.78 is 0. The van der Waals surface area contributed by atoms with Gasteiger partial charge in [-0.2, -0.15) is 0 Å². The van der Waals surface area contributed by atoms with E-state index in [1.807, 2.05) is 27.7 Å². The number of carbonyl (C=O) groups excluding carboxylic acids is 1. The second-order valence-corrected chi connectivity index (χ2v) is 6.10. The van der Waals surface area contributed by atoms with E-state index in [2.05, 4.69) is 10.3 Å². The molecule has 16 heavy (non-hydrogen) atoms. The fraction of sp³-hybridized carbons (Fsp3) is 0.636. The van der Waals surface area contributed by atoms with Crippen LogP contribution in [0.4, 0.5) is 0 Å². The number of alkyl halides is 1. The molecule has 0 saturated carbocycles. The molecule has 0 radical (unpaired) electrons. The maximum atomic E-state index is 11.9. The Morgan fingerprint density at radius 2 is 2.12 bits per heavy atom. The molecule has 3 nitrogen and oxygen atoms in total. The molecule has 0 saturated heterocycles. The van der Waals surface area contributed by atoms with Crippen LogP contribution in [0.5, 0.6) is 0 Å². The van der Waals surface area contributed by atoms with Crippen LogP contribution in [0.3, 0.4) is 0 Å². The Balaban J connectivity index is 2.63. The largest absolute Gasteiger partial charge is 0.351 e. The van der Waals surface area contributed by atoms with Crippen LogP contribution in [0.1, 0.15) is 34.2 Å². The van der Waals surface area contributed by atoms with Gasteiger partial charge in [0.25, 0.3) is 5.91 Å². The molecule has 1 aromatic heterocycles. The average molecular weight is 261 g/mol. The summed E-state index contributed by atoms with van der Waals surface area (Å²) in [6, 6.07) is 0. The third-order valence-corrected chi connectivity index (χ3v) is 3.99. The molecule has 0 aliphatic heterocycles. The Labute approximate surface area is 105 Å². The molecule has 0 atom stereocenters. The SMILES string of the molecule is Cc1nc(C)c(C(=O)NCC(C)(C)CCl)s1. The summed E-state index contributed by atoms with van der Waals surface area (Å²) in [5, 5.41) is 3.81. The highest BCUT2D eigenvalue weighted by Crippen LogP contribution is 2.19. The van der Waals surface area contributed by atoms with Gasteiger partial charge in [-0.3, -0.25) is 4.79 Å². The highest BCUT2D eigenvalue weighted by atomic mass is 35.5. The Morgan fingerprint density at radius 3 is 2.56 bits per heavy atom. The van der Waals surface area contributed by atoms with Gasteiger partial charge in [-0.15, -0.1) is 22.9 Å². The highest BCUT2D eigenvalue weighted by Gasteiger charge is 2.19. The molecule has 0 aliphatic carbocycles. The number of hydrogen-bond donors (Lipinski definition) is 1. The predicted octanol–water partition coefficient (Wildman–Crippen LogP) is 2.75. The van der Waals surface area contributed by atoms with Crippen molar-refractivity contribution in [2.75, 3.05) is 12.4 Å². The second kappa shape index (κ2) is 5.15. The first-order chi connectivity index (χ1) is 7.35. The summed E-state index contributed by atoms with van der Waals surface area (Å²) in [6.07, 6.45) is 0. The monoisotopic (exact) mass is 260 g/mol. The van der Waals surface area contributed by atoms with Gasteiger partial charge < -0.3 is 5.32 Å². The molecule has 1 heterocycles. The molecule has 0 aliphatic rings. The van der Waals surface area contributed by atoms with Crippen molar-refractivity contribution in [3.63, 3.8) is 0 Å². The molecule has 90 valence electrons. The van der Waals surface area contributed by atoms with Crippen molar-refractivity contribution in [1.29, 1.82) is 0 Å². The van der Waals surface area contributed by atoms with Gasteiger partial charge in [-0.05, 0) is 19.3 Å². The lowest BCUT2D eigenvalue weighted by Gasteiger charge is -2.21. The third-order valence-electron chi connectivity index (χ3n) is 2.20. The number of aromatic nitrogens is 1. The quantitative estimate of drug-likeness (QED) is 0.846. The minimum absolute atomic E-state index is 0.0544. The van der Waals surface area contributed by atoms with E-state index in [0.717, 1.165) is 10.7 Å². The van der Waals surface area contributed by atoms with E-state index in [1.165, 1.54) is 11.3 Å². The van der Waals surface area contributed by atoms with Crippen LogP contribution in [0.25, 0.3) is 0 Å². The Morgan fingerprint density at radius 1 is 1.50 bits per heavy atom. The van der Waals surface area contributed by atoms with Crippen molar-refractivity contribution < 1.29 is 4.79 Å². The first-order valence-corrected chi connectivity index (χ1v) is 6.49. The summed E-state index contributed by atoms with van der Waals surface area (Å²) in [5.41, 5.74) is 0.717. The van der Waals surface area contributed by atoms with Gasteiger partial charge in [0.2, 0.25) is 0 Å². The van der Waals surface area contributed by atoms with Gasteiger partial charge in [-0.1, -0.05) is 13.8 Å². The molecule has 0 unspecified atom stereocenters. The van der Waals surface area contributed by atoms with Crippen molar-refractivity contribution in [3.05, 3.63) is 15.6 Å². The average Bonchev–Trinajstić information content (AvgIpc) is 2.54. The lowest BCUT2D eigenvalue weighted by Crippen LogP contribution is -2.34. The number of hydrogen-bond acceptors (Lipinski definition) is 3. The number of thiazole rings is 1. The molecule has 0 bridgehead atoms. The summed E-state index contributed by atoms with van der Waals surface area (Å²) in [5.74, 6) is 0.467. The van der Waals surface area contributed by atoms with Crippen molar-refractivity contribution in [1.82, 2.24) is 10.3 Å².